The van der Waals surface area contributed by atoms with Crippen LogP contribution in [0.3, 0.4) is 0 Å². The summed E-state index contributed by atoms with van der Waals surface area (Å²) in [5.41, 5.74) is 5.36. The minimum Gasteiger partial charge on any atom is -0.426 e. The van der Waals surface area contributed by atoms with Crippen LogP contribution in [0.1, 0.15) is 19.3 Å². The number of hydrogen-bond acceptors (Lipinski definition) is 3. The quantitative estimate of drug-likeness (QED) is 0.433. The van der Waals surface area contributed by atoms with Crippen molar-refractivity contribution in [3.8, 4) is 0 Å². The van der Waals surface area contributed by atoms with Crippen LogP contribution in [-0.4, -0.2) is 23.1 Å². The van der Waals surface area contributed by atoms with E-state index in [9.17, 15) is 0 Å². The van der Waals surface area contributed by atoms with E-state index in [1.807, 2.05) is 0 Å². The van der Waals surface area contributed by atoms with Gasteiger partial charge in [0.05, 0.1) is 0 Å². The smallest absolute Gasteiger partial charge is 0.426 e. The molecule has 1 unspecified atom stereocenters. The van der Waals surface area contributed by atoms with E-state index in [-0.39, 0.29) is 0 Å². The fourth-order valence-corrected chi connectivity index (χ4v) is 0.860. The second-order valence-corrected chi connectivity index (χ2v) is 2.76. The second kappa shape index (κ2) is 2.69. The Hall–Kier alpha value is -0.0551. The van der Waals surface area contributed by atoms with Crippen LogP contribution in [-0.2, 0) is 0 Å². The molecule has 1 aliphatic carbocycles. The third-order valence-electron chi connectivity index (χ3n) is 1.69. The van der Waals surface area contributed by atoms with Gasteiger partial charge in [0.25, 0.3) is 0 Å². The zero-order chi connectivity index (χ0) is 6.85. The third kappa shape index (κ3) is 2.34. The van der Waals surface area contributed by atoms with Crippen molar-refractivity contribution in [1.82, 2.24) is 0 Å². The molecule has 1 saturated carbocycles. The summed E-state index contributed by atoms with van der Waals surface area (Å²) in [5, 5.41) is 17.1. The zero-order valence-electron chi connectivity index (χ0n) is 5.33. The summed E-state index contributed by atoms with van der Waals surface area (Å²) in [7, 11) is -1.33. The molecule has 0 spiro atoms. The summed E-state index contributed by atoms with van der Waals surface area (Å²) >= 11 is 0. The molecule has 3 nitrogen and oxygen atoms in total. The van der Waals surface area contributed by atoms with E-state index < -0.39 is 13.1 Å². The van der Waals surface area contributed by atoms with Crippen LogP contribution in [0.4, 0.5) is 0 Å². The SMILES string of the molecule is NC(CC1CC1)B(O)O. The molecule has 0 saturated heterocycles. The summed E-state index contributed by atoms with van der Waals surface area (Å²) in [6.45, 7) is 0. The predicted octanol–water partition coefficient (Wildman–Crippen LogP) is -0.874. The summed E-state index contributed by atoms with van der Waals surface area (Å²) in [6, 6.07) is 0. The number of nitrogens with two attached hydrogens (primary N) is 1. The van der Waals surface area contributed by atoms with Gasteiger partial charge in [-0.15, -0.1) is 0 Å². The molecule has 0 heterocycles. The average Bonchev–Trinajstić information content (AvgIpc) is 2.50. The molecule has 0 radical (unpaired) electrons. The lowest BCUT2D eigenvalue weighted by Gasteiger charge is -2.07. The Morgan fingerprint density at radius 1 is 1.56 bits per heavy atom. The highest BCUT2D eigenvalue weighted by molar-refractivity contribution is 6.43. The molecule has 0 aromatic carbocycles. The Bertz CT molecular complexity index is 95.0. The molecule has 1 rings (SSSR count). The molecular weight excluding hydrogens is 117 g/mol. The van der Waals surface area contributed by atoms with E-state index in [1.165, 1.54) is 12.8 Å². The van der Waals surface area contributed by atoms with Crippen molar-refractivity contribution < 1.29 is 10.0 Å². The van der Waals surface area contributed by atoms with Gasteiger partial charge in [0.2, 0.25) is 0 Å². The minimum absolute atomic E-state index is 0.433. The van der Waals surface area contributed by atoms with E-state index >= 15 is 0 Å². The van der Waals surface area contributed by atoms with Crippen molar-refractivity contribution in [2.45, 2.75) is 25.2 Å². The minimum atomic E-state index is -1.33. The van der Waals surface area contributed by atoms with Gasteiger partial charge in [-0.1, -0.05) is 12.8 Å². The van der Waals surface area contributed by atoms with Crippen molar-refractivity contribution in [1.29, 1.82) is 0 Å². The summed E-state index contributed by atoms with van der Waals surface area (Å²) < 4.78 is 0. The van der Waals surface area contributed by atoms with Crippen molar-refractivity contribution in [3.63, 3.8) is 0 Å². The highest BCUT2D eigenvalue weighted by Crippen LogP contribution is 2.33. The molecule has 0 aromatic rings. The van der Waals surface area contributed by atoms with Crippen LogP contribution in [0.5, 0.6) is 0 Å². The van der Waals surface area contributed by atoms with Crippen molar-refractivity contribution in [3.05, 3.63) is 0 Å². The first-order valence-corrected chi connectivity index (χ1v) is 3.32. The Kier molecular flexibility index (Phi) is 2.11. The molecule has 1 atom stereocenters. The maximum absolute atomic E-state index is 8.53. The molecule has 52 valence electrons. The van der Waals surface area contributed by atoms with Crippen LogP contribution in [0.2, 0.25) is 0 Å². The first-order chi connectivity index (χ1) is 4.20. The van der Waals surface area contributed by atoms with Gasteiger partial charge in [-0.05, 0) is 12.3 Å². The van der Waals surface area contributed by atoms with Crippen LogP contribution in [0.15, 0.2) is 0 Å². The molecule has 0 aliphatic heterocycles. The van der Waals surface area contributed by atoms with E-state index in [4.69, 9.17) is 15.8 Å². The fraction of sp³-hybridized carbons (Fsp3) is 1.00. The lowest BCUT2D eigenvalue weighted by atomic mass is 9.77. The Morgan fingerprint density at radius 2 is 2.11 bits per heavy atom. The predicted molar refractivity (Wildman–Crippen MR) is 35.5 cm³/mol. The molecule has 9 heavy (non-hydrogen) atoms. The second-order valence-electron chi connectivity index (χ2n) is 2.76. The first-order valence-electron chi connectivity index (χ1n) is 3.32. The first kappa shape index (κ1) is 7.06. The standard InChI is InChI=1S/C5H12BNO2/c7-5(6(8)9)3-4-1-2-4/h4-5,8-9H,1-3,7H2. The largest absolute Gasteiger partial charge is 0.469 e. The summed E-state index contributed by atoms with van der Waals surface area (Å²) in [4.78, 5) is 0. The molecular formula is C5H12BNO2. The van der Waals surface area contributed by atoms with E-state index in [0.717, 1.165) is 6.42 Å². The highest BCUT2D eigenvalue weighted by Gasteiger charge is 2.28. The lowest BCUT2D eigenvalue weighted by molar-refractivity contribution is 0.379. The van der Waals surface area contributed by atoms with E-state index in [2.05, 4.69) is 0 Å². The Balaban J connectivity index is 2.09. The summed E-state index contributed by atoms with van der Waals surface area (Å²) in [5.74, 6) is 0.235. The zero-order valence-corrected chi connectivity index (χ0v) is 5.33. The normalized spacial score (nSPS) is 21.7. The lowest BCUT2D eigenvalue weighted by Crippen LogP contribution is -2.39. The maximum Gasteiger partial charge on any atom is 0.469 e. The molecule has 4 heteroatoms. The van der Waals surface area contributed by atoms with Crippen LogP contribution >= 0.6 is 0 Å². The van der Waals surface area contributed by atoms with Gasteiger partial charge in [-0.25, -0.2) is 0 Å². The fourth-order valence-electron chi connectivity index (χ4n) is 0.860. The molecule has 0 aromatic heterocycles. The van der Waals surface area contributed by atoms with Crippen molar-refractivity contribution >= 4 is 7.12 Å². The van der Waals surface area contributed by atoms with Crippen LogP contribution < -0.4 is 5.73 Å². The van der Waals surface area contributed by atoms with E-state index in [1.54, 1.807) is 0 Å². The molecule has 0 bridgehead atoms. The van der Waals surface area contributed by atoms with Gasteiger partial charge in [0.1, 0.15) is 0 Å². The van der Waals surface area contributed by atoms with Crippen LogP contribution in [0, 0.1) is 5.92 Å². The van der Waals surface area contributed by atoms with Gasteiger partial charge >= 0.3 is 7.12 Å². The monoisotopic (exact) mass is 129 g/mol. The van der Waals surface area contributed by atoms with Gasteiger partial charge in [-0.3, -0.25) is 0 Å². The average molecular weight is 129 g/mol. The molecule has 1 fully saturated rings. The number of hydrogen-bond donors (Lipinski definition) is 3. The van der Waals surface area contributed by atoms with Gasteiger partial charge in [-0.2, -0.15) is 0 Å². The van der Waals surface area contributed by atoms with Gasteiger partial charge < -0.3 is 15.8 Å². The Morgan fingerprint density at radius 3 is 2.44 bits per heavy atom. The Labute approximate surface area is 55.0 Å². The van der Waals surface area contributed by atoms with Gasteiger partial charge in [0.15, 0.2) is 0 Å². The maximum atomic E-state index is 8.53. The molecule has 0 amide bonds. The topological polar surface area (TPSA) is 66.5 Å². The van der Waals surface area contributed by atoms with Crippen molar-refractivity contribution in [2.24, 2.45) is 11.7 Å². The number of rotatable bonds is 3. The van der Waals surface area contributed by atoms with Crippen molar-refractivity contribution in [2.75, 3.05) is 0 Å². The van der Waals surface area contributed by atoms with Gasteiger partial charge in [0, 0.05) is 5.94 Å². The summed E-state index contributed by atoms with van der Waals surface area (Å²) in [6.07, 6.45) is 3.18. The highest BCUT2D eigenvalue weighted by atomic mass is 16.4. The van der Waals surface area contributed by atoms with E-state index in [0.29, 0.717) is 5.92 Å². The molecule has 1 aliphatic rings. The third-order valence-corrected chi connectivity index (χ3v) is 1.69. The molecule has 4 N–H and O–H groups in total. The van der Waals surface area contributed by atoms with Crippen LogP contribution in [0.25, 0.3) is 0 Å².